The third-order valence-corrected chi connectivity index (χ3v) is 5.09. The molecule has 100 valence electrons. The summed E-state index contributed by atoms with van der Waals surface area (Å²) < 4.78 is 0. The number of benzene rings is 1. The third kappa shape index (κ3) is 3.23. The van der Waals surface area contributed by atoms with Crippen LogP contribution in [-0.2, 0) is 0 Å². The van der Waals surface area contributed by atoms with Crippen molar-refractivity contribution < 1.29 is 0 Å². The highest BCUT2D eigenvalue weighted by Gasteiger charge is 2.22. The largest absolute Gasteiger partial charge is 0.303 e. The lowest BCUT2D eigenvalue weighted by atomic mass is 9.89. The standard InChI is InChI=1S/C15H22ClNS/c1-3-9-17-10-7-12(8-11-17)13-5-4-6-14(18-2)15(13)16/h4-6,12H,3,7-11H2,1-2H3. The van der Waals surface area contributed by atoms with Crippen LogP contribution in [0.25, 0.3) is 0 Å². The van der Waals surface area contributed by atoms with Gasteiger partial charge in [-0.2, -0.15) is 0 Å². The van der Waals surface area contributed by atoms with E-state index < -0.39 is 0 Å². The smallest absolute Gasteiger partial charge is 0.0576 e. The maximum atomic E-state index is 6.51. The number of piperidine rings is 1. The van der Waals surface area contributed by atoms with Gasteiger partial charge in [0.15, 0.2) is 0 Å². The lowest BCUT2D eigenvalue weighted by molar-refractivity contribution is 0.212. The van der Waals surface area contributed by atoms with Crippen molar-refractivity contribution in [1.82, 2.24) is 4.90 Å². The molecule has 1 fully saturated rings. The summed E-state index contributed by atoms with van der Waals surface area (Å²) in [5, 5.41) is 0.985. The predicted octanol–water partition coefficient (Wildman–Crippen LogP) is 4.65. The minimum Gasteiger partial charge on any atom is -0.303 e. The van der Waals surface area contributed by atoms with Crippen LogP contribution in [-0.4, -0.2) is 30.8 Å². The van der Waals surface area contributed by atoms with Crippen LogP contribution >= 0.6 is 23.4 Å². The van der Waals surface area contributed by atoms with Gasteiger partial charge in [-0.05, 0) is 62.7 Å². The minimum absolute atomic E-state index is 0.651. The molecule has 1 aliphatic heterocycles. The normalized spacial score (nSPS) is 18.2. The Morgan fingerprint density at radius 3 is 2.67 bits per heavy atom. The molecule has 0 unspecified atom stereocenters. The van der Waals surface area contributed by atoms with Gasteiger partial charge in [-0.3, -0.25) is 0 Å². The van der Waals surface area contributed by atoms with Crippen LogP contribution in [0.3, 0.4) is 0 Å². The van der Waals surface area contributed by atoms with E-state index in [1.165, 1.54) is 49.4 Å². The predicted molar refractivity (Wildman–Crippen MR) is 81.9 cm³/mol. The van der Waals surface area contributed by atoms with E-state index in [0.717, 1.165) is 5.02 Å². The van der Waals surface area contributed by atoms with Crippen LogP contribution in [0, 0.1) is 0 Å². The van der Waals surface area contributed by atoms with Crippen molar-refractivity contribution in [2.45, 2.75) is 37.0 Å². The molecule has 1 aliphatic rings. The van der Waals surface area contributed by atoms with E-state index in [1.807, 2.05) is 0 Å². The van der Waals surface area contributed by atoms with Crippen LogP contribution in [0.2, 0.25) is 5.02 Å². The highest BCUT2D eigenvalue weighted by Crippen LogP contribution is 2.37. The second-order valence-corrected chi connectivity index (χ2v) is 6.21. The van der Waals surface area contributed by atoms with Crippen molar-refractivity contribution in [3.05, 3.63) is 28.8 Å². The summed E-state index contributed by atoms with van der Waals surface area (Å²) in [6.45, 7) is 5.94. The fraction of sp³-hybridized carbons (Fsp3) is 0.600. The first kappa shape index (κ1) is 14.2. The third-order valence-electron chi connectivity index (χ3n) is 3.78. The Bertz CT molecular complexity index is 386. The van der Waals surface area contributed by atoms with Crippen molar-refractivity contribution >= 4 is 23.4 Å². The van der Waals surface area contributed by atoms with Gasteiger partial charge in [-0.1, -0.05) is 30.7 Å². The Kier molecular flexibility index (Phi) is 5.40. The van der Waals surface area contributed by atoms with Gasteiger partial charge in [0.2, 0.25) is 0 Å². The van der Waals surface area contributed by atoms with Crippen molar-refractivity contribution in [3.63, 3.8) is 0 Å². The molecule has 0 amide bonds. The summed E-state index contributed by atoms with van der Waals surface area (Å²) in [6, 6.07) is 6.47. The fourth-order valence-electron chi connectivity index (χ4n) is 2.78. The van der Waals surface area contributed by atoms with Gasteiger partial charge in [-0.15, -0.1) is 11.8 Å². The van der Waals surface area contributed by atoms with Crippen LogP contribution < -0.4 is 0 Å². The molecule has 1 aromatic carbocycles. The molecule has 1 heterocycles. The topological polar surface area (TPSA) is 3.24 Å². The maximum Gasteiger partial charge on any atom is 0.0576 e. The van der Waals surface area contributed by atoms with E-state index in [-0.39, 0.29) is 0 Å². The van der Waals surface area contributed by atoms with Gasteiger partial charge >= 0.3 is 0 Å². The Balaban J connectivity index is 2.05. The van der Waals surface area contributed by atoms with E-state index in [1.54, 1.807) is 11.8 Å². The van der Waals surface area contributed by atoms with Crippen LogP contribution in [0.1, 0.15) is 37.7 Å². The number of hydrogen-bond donors (Lipinski definition) is 0. The molecule has 2 rings (SSSR count). The Morgan fingerprint density at radius 1 is 1.33 bits per heavy atom. The molecule has 1 aromatic rings. The van der Waals surface area contributed by atoms with E-state index in [4.69, 9.17) is 11.6 Å². The van der Waals surface area contributed by atoms with Crippen LogP contribution in [0.15, 0.2) is 23.1 Å². The molecule has 0 saturated carbocycles. The second-order valence-electron chi connectivity index (χ2n) is 4.98. The number of likely N-dealkylation sites (tertiary alicyclic amines) is 1. The monoisotopic (exact) mass is 283 g/mol. The number of hydrogen-bond acceptors (Lipinski definition) is 2. The van der Waals surface area contributed by atoms with Gasteiger partial charge in [0.1, 0.15) is 0 Å². The zero-order valence-electron chi connectivity index (χ0n) is 11.3. The Hall–Kier alpha value is -0.180. The van der Waals surface area contributed by atoms with Crippen molar-refractivity contribution in [2.24, 2.45) is 0 Å². The van der Waals surface area contributed by atoms with Crippen molar-refractivity contribution in [2.75, 3.05) is 25.9 Å². The first-order valence-electron chi connectivity index (χ1n) is 6.81. The Labute approximate surface area is 120 Å². The number of halogens is 1. The first-order valence-corrected chi connectivity index (χ1v) is 8.41. The molecule has 18 heavy (non-hydrogen) atoms. The molecule has 0 aliphatic carbocycles. The van der Waals surface area contributed by atoms with Gasteiger partial charge in [0.25, 0.3) is 0 Å². The minimum atomic E-state index is 0.651. The molecule has 0 bridgehead atoms. The highest BCUT2D eigenvalue weighted by molar-refractivity contribution is 7.98. The number of thioether (sulfide) groups is 1. The molecule has 0 radical (unpaired) electrons. The summed E-state index contributed by atoms with van der Waals surface area (Å²) in [7, 11) is 0. The number of nitrogens with zero attached hydrogens (tertiary/aromatic N) is 1. The second kappa shape index (κ2) is 6.83. The van der Waals surface area contributed by atoms with Crippen LogP contribution in [0.4, 0.5) is 0 Å². The average molecular weight is 284 g/mol. The van der Waals surface area contributed by atoms with E-state index in [2.05, 4.69) is 36.3 Å². The lowest BCUT2D eigenvalue weighted by Gasteiger charge is -2.32. The molecule has 0 spiro atoms. The average Bonchev–Trinajstić information content (AvgIpc) is 2.41. The molecule has 0 atom stereocenters. The summed E-state index contributed by atoms with van der Waals surface area (Å²) in [4.78, 5) is 3.79. The van der Waals surface area contributed by atoms with Crippen molar-refractivity contribution in [1.29, 1.82) is 0 Å². The summed E-state index contributed by atoms with van der Waals surface area (Å²) in [5.41, 5.74) is 1.36. The number of rotatable bonds is 4. The van der Waals surface area contributed by atoms with Gasteiger partial charge in [-0.25, -0.2) is 0 Å². The molecular formula is C15H22ClNS. The first-order chi connectivity index (χ1) is 8.76. The molecule has 0 aromatic heterocycles. The van der Waals surface area contributed by atoms with E-state index >= 15 is 0 Å². The lowest BCUT2D eigenvalue weighted by Crippen LogP contribution is -2.33. The zero-order chi connectivity index (χ0) is 13.0. The SMILES string of the molecule is CCCN1CCC(c2cccc(SC)c2Cl)CC1. The molecule has 0 N–H and O–H groups in total. The zero-order valence-corrected chi connectivity index (χ0v) is 12.9. The highest BCUT2D eigenvalue weighted by atomic mass is 35.5. The van der Waals surface area contributed by atoms with Crippen LogP contribution in [0.5, 0.6) is 0 Å². The van der Waals surface area contributed by atoms with Gasteiger partial charge in [0, 0.05) is 4.90 Å². The molecule has 3 heteroatoms. The molecule has 1 saturated heterocycles. The van der Waals surface area contributed by atoms with Gasteiger partial charge in [0.05, 0.1) is 5.02 Å². The van der Waals surface area contributed by atoms with Crippen molar-refractivity contribution in [3.8, 4) is 0 Å². The maximum absolute atomic E-state index is 6.51. The molecule has 1 nitrogen and oxygen atoms in total. The fourth-order valence-corrected chi connectivity index (χ4v) is 3.81. The quantitative estimate of drug-likeness (QED) is 0.740. The van der Waals surface area contributed by atoms with Gasteiger partial charge < -0.3 is 4.90 Å². The Morgan fingerprint density at radius 2 is 2.06 bits per heavy atom. The summed E-state index contributed by atoms with van der Waals surface area (Å²) in [5.74, 6) is 0.651. The summed E-state index contributed by atoms with van der Waals surface area (Å²) >= 11 is 8.25. The summed E-state index contributed by atoms with van der Waals surface area (Å²) in [6.07, 6.45) is 5.84. The van der Waals surface area contributed by atoms with E-state index in [9.17, 15) is 0 Å². The molecular weight excluding hydrogens is 262 g/mol. The van der Waals surface area contributed by atoms with E-state index in [0.29, 0.717) is 5.92 Å².